The van der Waals surface area contributed by atoms with Crippen LogP contribution in [0.5, 0.6) is 46.0 Å². The molecule has 0 radical (unpaired) electrons. The first-order valence-electron chi connectivity index (χ1n) is 18.0. The lowest BCUT2D eigenvalue weighted by atomic mass is 9.93. The van der Waals surface area contributed by atoms with Crippen LogP contribution < -0.4 is 10.2 Å². The fourth-order valence-electron chi connectivity index (χ4n) is 6.45. The zero-order valence-corrected chi connectivity index (χ0v) is 30.8. The topological polar surface area (TPSA) is 198 Å². The molecule has 2 heterocycles. The van der Waals surface area contributed by atoms with Gasteiger partial charge in [-0.3, -0.25) is 9.59 Å². The molecule has 1 aliphatic rings. The minimum atomic E-state index is -0.849. The molecule has 7 N–H and O–H groups in total. The second-order valence-corrected chi connectivity index (χ2v) is 13.5. The van der Waals surface area contributed by atoms with Crippen LogP contribution in [-0.4, -0.2) is 41.5 Å². The van der Waals surface area contributed by atoms with E-state index in [1.54, 1.807) is 55.5 Å². The molecule has 0 spiro atoms. The molecular weight excluding hydrogens is 741 g/mol. The molecule has 0 saturated carbocycles. The first-order chi connectivity index (χ1) is 27.9. The molecule has 6 aromatic carbocycles. The predicted octanol–water partition coefficient (Wildman–Crippen LogP) is 9.44. The normalized spacial score (nSPS) is 13.6. The van der Waals surface area contributed by atoms with Crippen LogP contribution in [0.15, 0.2) is 124 Å². The number of aryl methyl sites for hydroxylation is 1. The molecule has 0 bridgehead atoms. The van der Waals surface area contributed by atoms with Gasteiger partial charge in [-0.2, -0.15) is 0 Å². The van der Waals surface area contributed by atoms with Gasteiger partial charge in [-0.05, 0) is 59.5 Å². The number of rotatable bonds is 6. The standard InChI is InChI=1S/C24H18O6.C23H18O5/c1-13-7-9-15(11-17(13)25)23-22(29)21(28)20-19(27)12-18(26)16(24(20)30-23)10-8-14-5-3-2-4-6-14;24-16-9-7-15(8-10-16)20-13-19(26)22-21(28-20)12-18(25)17(23(22)27)11-6-14-4-2-1-3-5-14/h2-12,25-27,29H,1H3;1-12,20,24-25,27H,13H2/b10-8+;11-6+. The Bertz CT molecular complexity index is 2790. The van der Waals surface area contributed by atoms with Crippen molar-refractivity contribution < 1.29 is 49.7 Å². The van der Waals surface area contributed by atoms with Crippen LogP contribution in [0.4, 0.5) is 0 Å². The largest absolute Gasteiger partial charge is 0.508 e. The summed E-state index contributed by atoms with van der Waals surface area (Å²) < 4.78 is 11.7. The lowest BCUT2D eigenvalue weighted by molar-refractivity contribution is 0.0844. The van der Waals surface area contributed by atoms with E-state index in [4.69, 9.17) is 9.15 Å². The van der Waals surface area contributed by atoms with Gasteiger partial charge in [0.1, 0.15) is 57.3 Å². The number of carbonyl (C=O) groups excluding carboxylic acids is 1. The number of carbonyl (C=O) groups is 1. The summed E-state index contributed by atoms with van der Waals surface area (Å²) in [4.78, 5) is 25.5. The maximum absolute atomic E-state index is 12.8. The Labute approximate surface area is 331 Å². The predicted molar refractivity (Wildman–Crippen MR) is 220 cm³/mol. The molecule has 8 rings (SSSR count). The number of fused-ring (bicyclic) bond motifs is 2. The number of ether oxygens (including phenoxy) is 1. The minimum absolute atomic E-state index is 0.0300. The van der Waals surface area contributed by atoms with Gasteiger partial charge in [-0.1, -0.05) is 97.1 Å². The van der Waals surface area contributed by atoms with E-state index in [2.05, 4.69) is 0 Å². The first-order valence-corrected chi connectivity index (χ1v) is 18.0. The highest BCUT2D eigenvalue weighted by Gasteiger charge is 2.32. The number of hydrogen-bond donors (Lipinski definition) is 7. The van der Waals surface area contributed by atoms with Gasteiger partial charge in [0.25, 0.3) is 0 Å². The van der Waals surface area contributed by atoms with E-state index in [9.17, 15) is 45.3 Å². The zero-order chi connectivity index (χ0) is 41.1. The van der Waals surface area contributed by atoms with Gasteiger partial charge in [-0.15, -0.1) is 0 Å². The van der Waals surface area contributed by atoms with Crippen molar-refractivity contribution in [2.45, 2.75) is 19.4 Å². The maximum Gasteiger partial charge on any atom is 0.238 e. The number of phenols is 6. The molecule has 1 aliphatic heterocycles. The molecule has 11 nitrogen and oxygen atoms in total. The van der Waals surface area contributed by atoms with Crippen LogP contribution in [-0.2, 0) is 0 Å². The average molecular weight is 777 g/mol. The fraction of sp³-hybridized carbons (Fsp3) is 0.0638. The highest BCUT2D eigenvalue weighted by molar-refractivity contribution is 6.04. The lowest BCUT2D eigenvalue weighted by Gasteiger charge is -2.27. The van der Waals surface area contributed by atoms with Gasteiger partial charge in [0, 0.05) is 17.7 Å². The Kier molecular flexibility index (Phi) is 10.6. The number of hydrogen-bond acceptors (Lipinski definition) is 11. The molecule has 1 aromatic heterocycles. The molecule has 1 unspecified atom stereocenters. The van der Waals surface area contributed by atoms with Crippen LogP contribution in [0.2, 0.25) is 0 Å². The Balaban J connectivity index is 0.000000177. The molecule has 0 fully saturated rings. The number of ketones is 1. The van der Waals surface area contributed by atoms with Crippen LogP contribution in [0.3, 0.4) is 0 Å². The van der Waals surface area contributed by atoms with Gasteiger partial charge < -0.3 is 44.9 Å². The summed E-state index contributed by atoms with van der Waals surface area (Å²) in [5.41, 5.74) is 2.83. The van der Waals surface area contributed by atoms with Crippen LogP contribution in [0.1, 0.15) is 56.3 Å². The quantitative estimate of drug-likeness (QED) is 0.0794. The van der Waals surface area contributed by atoms with Crippen molar-refractivity contribution in [3.05, 3.63) is 164 Å². The van der Waals surface area contributed by atoms with Gasteiger partial charge in [-0.25, -0.2) is 0 Å². The fourth-order valence-corrected chi connectivity index (χ4v) is 6.45. The molecule has 1 atom stereocenters. The zero-order valence-electron chi connectivity index (χ0n) is 30.8. The van der Waals surface area contributed by atoms with E-state index in [1.165, 1.54) is 24.3 Å². The van der Waals surface area contributed by atoms with E-state index in [0.717, 1.165) is 22.8 Å². The molecular formula is C47H36O11. The molecule has 290 valence electrons. The summed E-state index contributed by atoms with van der Waals surface area (Å²) in [6.45, 7) is 1.71. The molecule has 0 amide bonds. The Hall–Kier alpha value is -7.92. The lowest BCUT2D eigenvalue weighted by Crippen LogP contribution is -2.20. The van der Waals surface area contributed by atoms with Crippen molar-refractivity contribution in [2.24, 2.45) is 0 Å². The number of aromatic hydroxyl groups is 7. The van der Waals surface area contributed by atoms with E-state index < -0.39 is 23.0 Å². The van der Waals surface area contributed by atoms with Crippen LogP contribution in [0, 0.1) is 6.92 Å². The number of benzene rings is 6. The van der Waals surface area contributed by atoms with Crippen molar-refractivity contribution in [2.75, 3.05) is 0 Å². The molecule has 58 heavy (non-hydrogen) atoms. The molecule has 11 heteroatoms. The average Bonchev–Trinajstić information content (AvgIpc) is 3.21. The van der Waals surface area contributed by atoms with Crippen molar-refractivity contribution in [3.8, 4) is 57.3 Å². The third-order valence-corrected chi connectivity index (χ3v) is 9.56. The highest BCUT2D eigenvalue weighted by Crippen LogP contribution is 2.45. The molecule has 7 aromatic rings. The van der Waals surface area contributed by atoms with Crippen LogP contribution >= 0.6 is 0 Å². The van der Waals surface area contributed by atoms with E-state index in [-0.39, 0.29) is 85.7 Å². The number of Topliss-reactive ketones (excluding diaryl/α,β-unsaturated/α-hetero) is 1. The van der Waals surface area contributed by atoms with Crippen molar-refractivity contribution in [1.29, 1.82) is 0 Å². The van der Waals surface area contributed by atoms with Gasteiger partial charge in [0.05, 0.1) is 17.5 Å². The summed E-state index contributed by atoms with van der Waals surface area (Å²) >= 11 is 0. The smallest absolute Gasteiger partial charge is 0.238 e. The Morgan fingerprint density at radius 2 is 1.21 bits per heavy atom. The van der Waals surface area contributed by atoms with Crippen molar-refractivity contribution in [3.63, 3.8) is 0 Å². The van der Waals surface area contributed by atoms with Crippen molar-refractivity contribution >= 4 is 41.1 Å². The highest BCUT2D eigenvalue weighted by atomic mass is 16.5. The van der Waals surface area contributed by atoms with Gasteiger partial charge >= 0.3 is 0 Å². The maximum atomic E-state index is 12.8. The van der Waals surface area contributed by atoms with Gasteiger partial charge in [0.2, 0.25) is 11.2 Å². The Morgan fingerprint density at radius 1 is 0.603 bits per heavy atom. The molecule has 0 aliphatic carbocycles. The summed E-state index contributed by atoms with van der Waals surface area (Å²) in [6.07, 6.45) is 6.09. The second kappa shape index (κ2) is 16.0. The van der Waals surface area contributed by atoms with Gasteiger partial charge in [0.15, 0.2) is 17.1 Å². The SMILES string of the molecule is Cc1ccc(-c2oc3c(/C=C/c4ccccc4)c(O)cc(O)c3c(=O)c2O)cc1O.O=C1CC(c2ccc(O)cc2)Oc2cc(O)c(/C=C/c3ccccc3)c(O)c21. The molecule has 0 saturated heterocycles. The van der Waals surface area contributed by atoms with E-state index in [0.29, 0.717) is 5.56 Å². The first kappa shape index (κ1) is 38.4. The minimum Gasteiger partial charge on any atom is -0.508 e. The second-order valence-electron chi connectivity index (χ2n) is 13.5. The number of phenolic OH excluding ortho intramolecular Hbond substituents is 6. The Morgan fingerprint density at radius 3 is 1.83 bits per heavy atom. The van der Waals surface area contributed by atoms with E-state index >= 15 is 0 Å². The van der Waals surface area contributed by atoms with Crippen LogP contribution in [0.25, 0.3) is 46.6 Å². The van der Waals surface area contributed by atoms with Crippen molar-refractivity contribution in [1.82, 2.24) is 0 Å². The third-order valence-electron chi connectivity index (χ3n) is 9.56. The van der Waals surface area contributed by atoms with E-state index in [1.807, 2.05) is 60.7 Å². The summed E-state index contributed by atoms with van der Waals surface area (Å²) in [6, 6.07) is 32.1. The summed E-state index contributed by atoms with van der Waals surface area (Å²) in [7, 11) is 0. The monoisotopic (exact) mass is 776 g/mol. The summed E-state index contributed by atoms with van der Waals surface area (Å²) in [5.74, 6) is -2.20. The summed E-state index contributed by atoms with van der Waals surface area (Å²) in [5, 5.41) is 71.2. The third kappa shape index (κ3) is 7.77.